The summed E-state index contributed by atoms with van der Waals surface area (Å²) in [6, 6.07) is 3.28. The minimum atomic E-state index is -3.75. The highest BCUT2D eigenvalue weighted by molar-refractivity contribution is 7.89. The molecule has 1 aromatic rings. The maximum Gasteiger partial charge on any atom is 0.245 e. The van der Waals surface area contributed by atoms with E-state index in [1.165, 1.54) is 10.4 Å². The van der Waals surface area contributed by atoms with Gasteiger partial charge in [-0.2, -0.15) is 4.31 Å². The highest BCUT2D eigenvalue weighted by Gasteiger charge is 2.36. The molecule has 0 spiro atoms. The lowest BCUT2D eigenvalue weighted by Gasteiger charge is -2.37. The molecular weight excluding hydrogens is 267 g/mol. The largest absolute Gasteiger partial charge is 0.398 e. The Balaban J connectivity index is 2.49. The van der Waals surface area contributed by atoms with Gasteiger partial charge >= 0.3 is 0 Å². The van der Waals surface area contributed by atoms with Crippen LogP contribution < -0.4 is 5.73 Å². The molecular formula is C13H19FN2O2S. The van der Waals surface area contributed by atoms with Gasteiger partial charge in [0.2, 0.25) is 10.0 Å². The van der Waals surface area contributed by atoms with Crippen molar-refractivity contribution in [1.82, 2.24) is 4.31 Å². The van der Waals surface area contributed by atoms with Crippen LogP contribution in [0.5, 0.6) is 0 Å². The molecule has 6 heteroatoms. The summed E-state index contributed by atoms with van der Waals surface area (Å²) in [5, 5.41) is 0. The van der Waals surface area contributed by atoms with Crippen molar-refractivity contribution in [2.24, 2.45) is 0 Å². The van der Waals surface area contributed by atoms with Crippen molar-refractivity contribution >= 4 is 15.7 Å². The predicted molar refractivity (Wildman–Crippen MR) is 72.6 cm³/mol. The van der Waals surface area contributed by atoms with Crippen molar-refractivity contribution in [2.45, 2.75) is 50.1 Å². The Hall–Kier alpha value is -1.14. The van der Waals surface area contributed by atoms with Gasteiger partial charge in [0.05, 0.1) is 5.69 Å². The first-order chi connectivity index (χ1) is 8.84. The lowest BCUT2D eigenvalue weighted by Crippen LogP contribution is -2.47. The summed E-state index contributed by atoms with van der Waals surface area (Å²) in [5.41, 5.74) is 5.79. The molecule has 2 atom stereocenters. The van der Waals surface area contributed by atoms with Crippen molar-refractivity contribution in [3.63, 3.8) is 0 Å². The van der Waals surface area contributed by atoms with Gasteiger partial charge < -0.3 is 5.73 Å². The number of hydrogen-bond acceptors (Lipinski definition) is 3. The summed E-state index contributed by atoms with van der Waals surface area (Å²) in [6.07, 6.45) is 2.64. The number of hydrogen-bond donors (Lipinski definition) is 1. The quantitative estimate of drug-likeness (QED) is 0.849. The Kier molecular flexibility index (Phi) is 3.82. The highest BCUT2D eigenvalue weighted by atomic mass is 32.2. The van der Waals surface area contributed by atoms with Crippen molar-refractivity contribution in [3.05, 3.63) is 24.0 Å². The van der Waals surface area contributed by atoms with E-state index in [9.17, 15) is 12.8 Å². The van der Waals surface area contributed by atoms with Crippen molar-refractivity contribution in [3.8, 4) is 0 Å². The van der Waals surface area contributed by atoms with Crippen LogP contribution in [0.3, 0.4) is 0 Å². The molecule has 1 heterocycles. The highest BCUT2D eigenvalue weighted by Crippen LogP contribution is 2.31. The zero-order chi connectivity index (χ0) is 14.2. The average Bonchev–Trinajstić information content (AvgIpc) is 2.31. The molecule has 1 fully saturated rings. The van der Waals surface area contributed by atoms with Crippen LogP contribution in [0.25, 0.3) is 0 Å². The van der Waals surface area contributed by atoms with Gasteiger partial charge in [-0.15, -0.1) is 0 Å². The molecule has 2 rings (SSSR count). The summed E-state index contributed by atoms with van der Waals surface area (Å²) in [7, 11) is -3.75. The number of halogens is 1. The second kappa shape index (κ2) is 5.09. The third-order valence-corrected chi connectivity index (χ3v) is 5.83. The first kappa shape index (κ1) is 14.3. The van der Waals surface area contributed by atoms with Gasteiger partial charge in [0.25, 0.3) is 0 Å². The van der Waals surface area contributed by atoms with E-state index in [2.05, 4.69) is 0 Å². The molecule has 0 aromatic heterocycles. The number of sulfonamides is 1. The van der Waals surface area contributed by atoms with E-state index in [-0.39, 0.29) is 22.7 Å². The molecule has 1 aliphatic heterocycles. The van der Waals surface area contributed by atoms with Crippen molar-refractivity contribution in [1.29, 1.82) is 0 Å². The standard InChI is InChI=1S/C13H19FN2O2S/c1-9-4-3-5-10(2)16(9)19(17,18)13-8-11(14)6-7-12(13)15/h6-10H,3-5,15H2,1-2H3. The zero-order valence-corrected chi connectivity index (χ0v) is 12.0. The molecule has 0 aliphatic carbocycles. The monoisotopic (exact) mass is 286 g/mol. The summed E-state index contributed by atoms with van der Waals surface area (Å²) >= 11 is 0. The maximum absolute atomic E-state index is 13.3. The van der Waals surface area contributed by atoms with Gasteiger partial charge in [-0.1, -0.05) is 6.42 Å². The van der Waals surface area contributed by atoms with E-state index in [0.717, 1.165) is 31.4 Å². The summed E-state index contributed by atoms with van der Waals surface area (Å²) < 4.78 is 40.1. The Morgan fingerprint density at radius 2 is 1.84 bits per heavy atom. The van der Waals surface area contributed by atoms with Crippen LogP contribution >= 0.6 is 0 Å². The molecule has 0 radical (unpaired) electrons. The summed E-state index contributed by atoms with van der Waals surface area (Å²) in [5.74, 6) is -0.593. The van der Waals surface area contributed by atoms with E-state index in [1.807, 2.05) is 13.8 Å². The van der Waals surface area contributed by atoms with E-state index < -0.39 is 15.8 Å². The van der Waals surface area contributed by atoms with Crippen LogP contribution in [0.1, 0.15) is 33.1 Å². The molecule has 0 saturated carbocycles. The molecule has 0 bridgehead atoms. The van der Waals surface area contributed by atoms with Crippen molar-refractivity contribution < 1.29 is 12.8 Å². The van der Waals surface area contributed by atoms with Gasteiger partial charge in [0.1, 0.15) is 10.7 Å². The second-order valence-electron chi connectivity index (χ2n) is 5.15. The average molecular weight is 286 g/mol. The molecule has 19 heavy (non-hydrogen) atoms. The lowest BCUT2D eigenvalue weighted by molar-refractivity contribution is 0.204. The molecule has 1 aromatic carbocycles. The Labute approximate surface area is 113 Å². The minimum Gasteiger partial charge on any atom is -0.398 e. The Bertz CT molecular complexity index is 564. The van der Waals surface area contributed by atoms with Crippen LogP contribution in [0.4, 0.5) is 10.1 Å². The van der Waals surface area contributed by atoms with Crippen LogP contribution in [0.2, 0.25) is 0 Å². The van der Waals surface area contributed by atoms with Crippen LogP contribution in [-0.2, 0) is 10.0 Å². The van der Waals surface area contributed by atoms with Crippen LogP contribution in [0, 0.1) is 5.82 Å². The molecule has 1 saturated heterocycles. The topological polar surface area (TPSA) is 63.4 Å². The Morgan fingerprint density at radius 3 is 2.42 bits per heavy atom. The number of anilines is 1. The first-order valence-electron chi connectivity index (χ1n) is 6.42. The Morgan fingerprint density at radius 1 is 1.26 bits per heavy atom. The number of benzene rings is 1. The third kappa shape index (κ3) is 2.60. The number of nitrogens with zero attached hydrogens (tertiary/aromatic N) is 1. The van der Waals surface area contributed by atoms with Crippen molar-refractivity contribution in [2.75, 3.05) is 5.73 Å². The van der Waals surface area contributed by atoms with Gasteiger partial charge in [0.15, 0.2) is 0 Å². The number of rotatable bonds is 2. The lowest BCUT2D eigenvalue weighted by atomic mass is 10.0. The molecule has 2 N–H and O–H groups in total. The fourth-order valence-electron chi connectivity index (χ4n) is 2.72. The van der Waals surface area contributed by atoms with Crippen LogP contribution in [-0.4, -0.2) is 24.8 Å². The number of nitrogen functional groups attached to an aromatic ring is 1. The number of nitrogens with two attached hydrogens (primary N) is 1. The molecule has 106 valence electrons. The van der Waals surface area contributed by atoms with Gasteiger partial charge in [0, 0.05) is 12.1 Å². The molecule has 1 aliphatic rings. The SMILES string of the molecule is CC1CCCC(C)N1S(=O)(=O)c1cc(F)ccc1N. The minimum absolute atomic E-state index is 0.0867. The predicted octanol–water partition coefficient (Wildman–Crippen LogP) is 2.36. The molecule has 0 amide bonds. The fourth-order valence-corrected chi connectivity index (χ4v) is 4.73. The summed E-state index contributed by atoms with van der Waals surface area (Å²) in [6.45, 7) is 3.76. The molecule has 2 unspecified atom stereocenters. The van der Waals surface area contributed by atoms with E-state index in [1.54, 1.807) is 0 Å². The maximum atomic E-state index is 13.3. The fraction of sp³-hybridized carbons (Fsp3) is 0.538. The first-order valence-corrected chi connectivity index (χ1v) is 7.86. The normalized spacial score (nSPS) is 25.4. The van der Waals surface area contributed by atoms with Gasteiger partial charge in [-0.25, -0.2) is 12.8 Å². The third-order valence-electron chi connectivity index (χ3n) is 3.64. The van der Waals surface area contributed by atoms with E-state index >= 15 is 0 Å². The summed E-state index contributed by atoms with van der Waals surface area (Å²) in [4.78, 5) is -0.131. The second-order valence-corrected chi connectivity index (χ2v) is 6.96. The van der Waals surface area contributed by atoms with Gasteiger partial charge in [-0.05, 0) is 44.9 Å². The smallest absolute Gasteiger partial charge is 0.245 e. The van der Waals surface area contributed by atoms with E-state index in [0.29, 0.717) is 0 Å². The number of piperidine rings is 1. The zero-order valence-electron chi connectivity index (χ0n) is 11.1. The van der Waals surface area contributed by atoms with Gasteiger partial charge in [-0.3, -0.25) is 0 Å². The van der Waals surface area contributed by atoms with Crippen LogP contribution in [0.15, 0.2) is 23.1 Å². The molecule has 4 nitrogen and oxygen atoms in total. The van der Waals surface area contributed by atoms with E-state index in [4.69, 9.17) is 5.73 Å².